The molecule has 1 aliphatic rings. The van der Waals surface area contributed by atoms with Crippen LogP contribution < -0.4 is 27.3 Å². The fraction of sp³-hybridized carbons (Fsp3) is 0.0714. The summed E-state index contributed by atoms with van der Waals surface area (Å²) in [6.07, 6.45) is -0.624. The molecule has 1 heterocycles. The first-order valence-corrected chi connectivity index (χ1v) is 10.9. The number of nitrogens with zero attached hydrogens (tertiary/aromatic N) is 3. The van der Waals surface area contributed by atoms with Gasteiger partial charge in [0.1, 0.15) is 4.90 Å². The van der Waals surface area contributed by atoms with E-state index >= 15 is 0 Å². The van der Waals surface area contributed by atoms with Crippen LogP contribution in [0, 0.1) is 0 Å². The smallest absolute Gasteiger partial charge is 0.282 e. The number of hydrazine groups is 3. The molecule has 160 valence electrons. The molecular weight excluding hydrogens is 440 g/mol. The normalized spacial score (nSPS) is 16.3. The Morgan fingerprint density at radius 2 is 1.60 bits per heavy atom. The number of hydrazone groups is 1. The Morgan fingerprint density at radius 1 is 0.933 bits per heavy atom. The van der Waals surface area contributed by atoms with Crippen LogP contribution in [0.5, 0.6) is 0 Å². The van der Waals surface area contributed by atoms with E-state index in [1.54, 1.807) is 30.3 Å². The van der Waals surface area contributed by atoms with Crippen molar-refractivity contribution >= 4 is 31.8 Å². The van der Waals surface area contributed by atoms with Gasteiger partial charge < -0.3 is 0 Å². The lowest BCUT2D eigenvalue weighted by Gasteiger charge is -2.09. The molecule has 14 nitrogen and oxygen atoms in total. The number of nitrogens with one attached hydrogen (secondary N) is 5. The number of hydrogen-bond acceptors (Lipinski definition) is 11. The Bertz CT molecular complexity index is 1180. The van der Waals surface area contributed by atoms with E-state index in [-0.39, 0.29) is 11.5 Å². The van der Waals surface area contributed by atoms with Crippen LogP contribution in [0.3, 0.4) is 0 Å². The van der Waals surface area contributed by atoms with E-state index in [4.69, 9.17) is 4.55 Å². The van der Waals surface area contributed by atoms with Gasteiger partial charge in [0.05, 0.1) is 10.6 Å². The molecule has 0 atom stereocenters. The molecule has 1 saturated heterocycles. The summed E-state index contributed by atoms with van der Waals surface area (Å²) in [5.74, 6) is 0.0474. The first-order valence-electron chi connectivity index (χ1n) is 8.05. The standard InChI is InChI=1S/C14H16N8O6S2/c23-29(24,25)10-6-7-11(12(8-10)30(26,27)28)15-16-13(9-4-2-1-3-5-9)17-18-14-19-21-22-20-14/h1-8,14-15,19-22H,(H,23,24,25)(H,26,27,28)/b16-13+,18-17?. The van der Waals surface area contributed by atoms with Gasteiger partial charge in [-0.05, 0) is 18.2 Å². The monoisotopic (exact) mass is 456 g/mol. The fourth-order valence-corrected chi connectivity index (χ4v) is 3.48. The lowest BCUT2D eigenvalue weighted by Crippen LogP contribution is -2.33. The maximum atomic E-state index is 11.7. The number of hydrogen-bond donors (Lipinski definition) is 7. The Hall–Kier alpha value is -2.83. The third kappa shape index (κ3) is 5.62. The molecule has 0 bridgehead atoms. The average Bonchev–Trinajstić information content (AvgIpc) is 3.21. The minimum Gasteiger partial charge on any atom is -0.282 e. The summed E-state index contributed by atoms with van der Waals surface area (Å²) in [7, 11) is -9.55. The summed E-state index contributed by atoms with van der Waals surface area (Å²) in [4.78, 5) is -1.52. The fourth-order valence-electron chi connectivity index (χ4n) is 2.23. The Labute approximate surface area is 170 Å². The molecule has 2 aromatic rings. The molecule has 1 fully saturated rings. The van der Waals surface area contributed by atoms with Crippen LogP contribution in [0.15, 0.2) is 73.7 Å². The van der Waals surface area contributed by atoms with Crippen molar-refractivity contribution in [2.24, 2.45) is 15.3 Å². The number of rotatable bonds is 6. The van der Waals surface area contributed by atoms with Gasteiger partial charge in [-0.2, -0.15) is 33.0 Å². The van der Waals surface area contributed by atoms with Gasteiger partial charge in [0.15, 0.2) is 0 Å². The highest BCUT2D eigenvalue weighted by Gasteiger charge is 2.20. The molecule has 7 N–H and O–H groups in total. The van der Waals surface area contributed by atoms with Gasteiger partial charge in [-0.3, -0.25) is 14.5 Å². The van der Waals surface area contributed by atoms with Gasteiger partial charge in [-0.1, -0.05) is 30.3 Å². The van der Waals surface area contributed by atoms with Gasteiger partial charge >= 0.3 is 0 Å². The van der Waals surface area contributed by atoms with Crippen LogP contribution in [0.2, 0.25) is 0 Å². The number of anilines is 1. The van der Waals surface area contributed by atoms with Crippen molar-refractivity contribution in [2.45, 2.75) is 16.1 Å². The molecule has 0 unspecified atom stereocenters. The average molecular weight is 456 g/mol. The predicted molar refractivity (Wildman–Crippen MR) is 104 cm³/mol. The topological polar surface area (TPSA) is 206 Å². The quantitative estimate of drug-likeness (QED) is 0.0996. The third-order valence-electron chi connectivity index (χ3n) is 3.59. The van der Waals surface area contributed by atoms with E-state index in [9.17, 15) is 21.4 Å². The summed E-state index contributed by atoms with van der Waals surface area (Å²) in [6, 6.07) is 11.1. The maximum absolute atomic E-state index is 11.7. The van der Waals surface area contributed by atoms with E-state index in [1.165, 1.54) is 0 Å². The highest BCUT2D eigenvalue weighted by Crippen LogP contribution is 2.25. The molecule has 0 radical (unpaired) electrons. The van der Waals surface area contributed by atoms with Crippen molar-refractivity contribution in [3.63, 3.8) is 0 Å². The molecule has 30 heavy (non-hydrogen) atoms. The van der Waals surface area contributed by atoms with E-state index in [0.717, 1.165) is 12.1 Å². The predicted octanol–water partition coefficient (Wildman–Crippen LogP) is -0.193. The zero-order chi connectivity index (χ0) is 21.8. The molecule has 0 spiro atoms. The number of amidine groups is 1. The molecule has 0 saturated carbocycles. The van der Waals surface area contributed by atoms with Gasteiger partial charge in [0.25, 0.3) is 20.2 Å². The van der Waals surface area contributed by atoms with Crippen molar-refractivity contribution in [3.8, 4) is 0 Å². The van der Waals surface area contributed by atoms with Crippen LogP contribution in [-0.4, -0.2) is 38.1 Å². The van der Waals surface area contributed by atoms with Crippen LogP contribution in [0.4, 0.5) is 5.69 Å². The van der Waals surface area contributed by atoms with Gasteiger partial charge in [-0.25, -0.2) is 10.9 Å². The Kier molecular flexibility index (Phi) is 6.48. The summed E-state index contributed by atoms with van der Waals surface area (Å²) >= 11 is 0. The second-order valence-corrected chi connectivity index (χ2v) is 8.49. The van der Waals surface area contributed by atoms with Crippen molar-refractivity contribution in [1.82, 2.24) is 21.9 Å². The molecule has 3 rings (SSSR count). The zero-order valence-corrected chi connectivity index (χ0v) is 16.5. The summed E-state index contributed by atoms with van der Waals surface area (Å²) in [5, 5.41) is 12.0. The van der Waals surface area contributed by atoms with Crippen molar-refractivity contribution in [3.05, 3.63) is 54.1 Å². The van der Waals surface area contributed by atoms with Crippen LogP contribution in [0.25, 0.3) is 0 Å². The molecule has 2 aromatic carbocycles. The lowest BCUT2D eigenvalue weighted by atomic mass is 10.2. The lowest BCUT2D eigenvalue weighted by molar-refractivity contribution is 0.481. The molecule has 0 aliphatic carbocycles. The molecule has 0 aromatic heterocycles. The largest absolute Gasteiger partial charge is 0.296 e. The highest BCUT2D eigenvalue weighted by atomic mass is 32.2. The van der Waals surface area contributed by atoms with Crippen molar-refractivity contribution in [2.75, 3.05) is 5.43 Å². The maximum Gasteiger partial charge on any atom is 0.296 e. The van der Waals surface area contributed by atoms with E-state index in [1.807, 2.05) is 0 Å². The summed E-state index contributed by atoms with van der Waals surface area (Å²) < 4.78 is 64.4. The first-order chi connectivity index (χ1) is 14.1. The van der Waals surface area contributed by atoms with Gasteiger partial charge in [0, 0.05) is 5.56 Å². The Balaban J connectivity index is 1.98. The second kappa shape index (κ2) is 8.90. The minimum atomic E-state index is -4.85. The first kappa shape index (κ1) is 21.9. The molecule has 16 heteroatoms. The summed E-state index contributed by atoms with van der Waals surface area (Å²) in [6.45, 7) is 0. The van der Waals surface area contributed by atoms with Gasteiger partial charge in [0.2, 0.25) is 12.1 Å². The number of azo groups is 1. The molecular formula is C14H16N8O6S2. The van der Waals surface area contributed by atoms with Crippen LogP contribution >= 0.6 is 0 Å². The molecule has 0 amide bonds. The highest BCUT2D eigenvalue weighted by molar-refractivity contribution is 7.86. The zero-order valence-electron chi connectivity index (χ0n) is 14.9. The van der Waals surface area contributed by atoms with E-state index in [2.05, 4.69) is 42.7 Å². The third-order valence-corrected chi connectivity index (χ3v) is 5.33. The molecule has 1 aliphatic heterocycles. The SMILES string of the molecule is O=S(=O)(O)c1ccc(N/N=C(/N=NC2NNNN2)c2ccccc2)c(S(=O)(=O)O)c1. The van der Waals surface area contributed by atoms with Crippen molar-refractivity contribution < 1.29 is 25.9 Å². The second-order valence-electron chi connectivity index (χ2n) is 5.68. The Morgan fingerprint density at radius 3 is 2.20 bits per heavy atom. The van der Waals surface area contributed by atoms with E-state index < -0.39 is 36.3 Å². The van der Waals surface area contributed by atoms with Crippen LogP contribution in [0.1, 0.15) is 5.56 Å². The summed E-state index contributed by atoms with van der Waals surface area (Å²) in [5.41, 5.74) is 13.2. The number of benzene rings is 2. The van der Waals surface area contributed by atoms with E-state index in [0.29, 0.717) is 11.6 Å². The minimum absolute atomic E-state index is 0.0474. The van der Waals surface area contributed by atoms with Gasteiger partial charge in [-0.15, -0.1) is 10.2 Å². The van der Waals surface area contributed by atoms with Crippen LogP contribution in [-0.2, 0) is 20.2 Å². The van der Waals surface area contributed by atoms with Crippen molar-refractivity contribution in [1.29, 1.82) is 0 Å².